The Kier molecular flexibility index (Phi) is 8.27. The molecule has 0 bridgehead atoms. The summed E-state index contributed by atoms with van der Waals surface area (Å²) in [6.07, 6.45) is 4.62. The van der Waals surface area contributed by atoms with Crippen LogP contribution in [-0.2, 0) is 4.79 Å². The van der Waals surface area contributed by atoms with Crippen LogP contribution in [-0.4, -0.2) is 25.7 Å². The van der Waals surface area contributed by atoms with Gasteiger partial charge in [0.15, 0.2) is 6.61 Å². The standard InChI is InChI=1S/C16H25NO3/c1-3-5-6-7-12-17-16(18)13-20-15-10-8-14(9-11-15)19-4-2/h8-11H,3-7,12-13H2,1-2H3,(H,17,18). The molecule has 20 heavy (non-hydrogen) atoms. The Labute approximate surface area is 121 Å². The van der Waals surface area contributed by atoms with Crippen molar-refractivity contribution in [3.05, 3.63) is 24.3 Å². The molecule has 0 aliphatic heterocycles. The molecule has 1 amide bonds. The number of carbonyl (C=O) groups excluding carboxylic acids is 1. The maximum Gasteiger partial charge on any atom is 0.257 e. The summed E-state index contributed by atoms with van der Waals surface area (Å²) in [4.78, 5) is 11.6. The van der Waals surface area contributed by atoms with Gasteiger partial charge in [-0.3, -0.25) is 4.79 Å². The number of hydrogen-bond donors (Lipinski definition) is 1. The molecule has 0 radical (unpaired) electrons. The highest BCUT2D eigenvalue weighted by Gasteiger charge is 2.02. The van der Waals surface area contributed by atoms with Crippen molar-refractivity contribution in [2.75, 3.05) is 19.8 Å². The van der Waals surface area contributed by atoms with E-state index in [-0.39, 0.29) is 12.5 Å². The van der Waals surface area contributed by atoms with Crippen molar-refractivity contribution in [2.24, 2.45) is 0 Å². The molecule has 1 rings (SSSR count). The van der Waals surface area contributed by atoms with Crippen molar-refractivity contribution in [1.29, 1.82) is 0 Å². The van der Waals surface area contributed by atoms with Gasteiger partial charge in [0.1, 0.15) is 11.5 Å². The quantitative estimate of drug-likeness (QED) is 0.669. The van der Waals surface area contributed by atoms with Crippen molar-refractivity contribution in [1.82, 2.24) is 5.32 Å². The van der Waals surface area contributed by atoms with Crippen molar-refractivity contribution < 1.29 is 14.3 Å². The van der Waals surface area contributed by atoms with Crippen LogP contribution in [0.4, 0.5) is 0 Å². The minimum atomic E-state index is -0.0737. The third kappa shape index (κ3) is 7.02. The number of unbranched alkanes of at least 4 members (excludes halogenated alkanes) is 3. The zero-order chi connectivity index (χ0) is 14.6. The number of nitrogens with one attached hydrogen (secondary N) is 1. The van der Waals surface area contributed by atoms with Gasteiger partial charge in [-0.2, -0.15) is 0 Å². The van der Waals surface area contributed by atoms with E-state index in [4.69, 9.17) is 9.47 Å². The van der Waals surface area contributed by atoms with E-state index in [1.54, 1.807) is 12.1 Å². The monoisotopic (exact) mass is 279 g/mol. The maximum absolute atomic E-state index is 11.6. The summed E-state index contributed by atoms with van der Waals surface area (Å²) >= 11 is 0. The number of benzene rings is 1. The minimum Gasteiger partial charge on any atom is -0.494 e. The maximum atomic E-state index is 11.6. The average molecular weight is 279 g/mol. The highest BCUT2D eigenvalue weighted by molar-refractivity contribution is 5.77. The molecule has 1 aromatic carbocycles. The van der Waals surface area contributed by atoms with E-state index in [9.17, 15) is 4.79 Å². The molecule has 4 heteroatoms. The van der Waals surface area contributed by atoms with Crippen molar-refractivity contribution in [3.63, 3.8) is 0 Å². The molecule has 0 saturated carbocycles. The lowest BCUT2D eigenvalue weighted by Crippen LogP contribution is -2.29. The second-order valence-corrected chi connectivity index (χ2v) is 4.60. The zero-order valence-electron chi connectivity index (χ0n) is 12.5. The smallest absolute Gasteiger partial charge is 0.257 e. The van der Waals surface area contributed by atoms with E-state index in [0.717, 1.165) is 25.1 Å². The van der Waals surface area contributed by atoms with Gasteiger partial charge < -0.3 is 14.8 Å². The molecular weight excluding hydrogens is 254 g/mol. The van der Waals surface area contributed by atoms with Gasteiger partial charge in [-0.05, 0) is 37.6 Å². The van der Waals surface area contributed by atoms with Crippen LogP contribution in [0.1, 0.15) is 39.5 Å². The second kappa shape index (κ2) is 10.1. The van der Waals surface area contributed by atoms with Crippen molar-refractivity contribution >= 4 is 5.91 Å². The Morgan fingerprint density at radius 3 is 2.25 bits per heavy atom. The summed E-state index contributed by atoms with van der Waals surface area (Å²) in [6, 6.07) is 7.28. The Morgan fingerprint density at radius 1 is 1.00 bits per heavy atom. The summed E-state index contributed by atoms with van der Waals surface area (Å²) in [6.45, 7) is 5.53. The minimum absolute atomic E-state index is 0.0573. The van der Waals surface area contributed by atoms with Gasteiger partial charge in [-0.25, -0.2) is 0 Å². The van der Waals surface area contributed by atoms with Crippen LogP contribution in [0.15, 0.2) is 24.3 Å². The lowest BCUT2D eigenvalue weighted by Gasteiger charge is -2.08. The van der Waals surface area contributed by atoms with E-state index in [1.807, 2.05) is 19.1 Å². The fourth-order valence-electron chi connectivity index (χ4n) is 1.78. The molecule has 0 fully saturated rings. The topological polar surface area (TPSA) is 47.6 Å². The van der Waals surface area contributed by atoms with Crippen LogP contribution < -0.4 is 14.8 Å². The first-order valence-electron chi connectivity index (χ1n) is 7.38. The summed E-state index contributed by atoms with van der Waals surface area (Å²) < 4.78 is 10.7. The van der Waals surface area contributed by atoms with Crippen LogP contribution >= 0.6 is 0 Å². The first-order chi connectivity index (χ1) is 9.76. The van der Waals surface area contributed by atoms with Crippen LogP contribution in [0.3, 0.4) is 0 Å². The number of ether oxygens (including phenoxy) is 2. The second-order valence-electron chi connectivity index (χ2n) is 4.60. The number of rotatable bonds is 10. The molecule has 1 aromatic rings. The number of hydrogen-bond acceptors (Lipinski definition) is 3. The molecule has 4 nitrogen and oxygen atoms in total. The Hall–Kier alpha value is -1.71. The van der Waals surface area contributed by atoms with Gasteiger partial charge in [-0.1, -0.05) is 26.2 Å². The number of carbonyl (C=O) groups is 1. The molecule has 0 aromatic heterocycles. The van der Waals surface area contributed by atoms with E-state index in [1.165, 1.54) is 12.8 Å². The predicted octanol–water partition coefficient (Wildman–Crippen LogP) is 3.16. The normalized spacial score (nSPS) is 10.1. The predicted molar refractivity (Wildman–Crippen MR) is 80.3 cm³/mol. The zero-order valence-corrected chi connectivity index (χ0v) is 12.5. The van der Waals surface area contributed by atoms with E-state index in [0.29, 0.717) is 12.4 Å². The summed E-state index contributed by atoms with van der Waals surface area (Å²) in [5.74, 6) is 1.41. The highest BCUT2D eigenvalue weighted by Crippen LogP contribution is 2.17. The molecule has 0 aliphatic carbocycles. The summed E-state index contributed by atoms with van der Waals surface area (Å²) in [5, 5.41) is 2.85. The van der Waals surface area contributed by atoms with Gasteiger partial charge in [-0.15, -0.1) is 0 Å². The Balaban J connectivity index is 2.16. The SMILES string of the molecule is CCCCCCNC(=O)COc1ccc(OCC)cc1. The van der Waals surface area contributed by atoms with Gasteiger partial charge in [0.05, 0.1) is 6.61 Å². The van der Waals surface area contributed by atoms with Crippen LogP contribution in [0.2, 0.25) is 0 Å². The largest absolute Gasteiger partial charge is 0.494 e. The van der Waals surface area contributed by atoms with Crippen molar-refractivity contribution in [3.8, 4) is 11.5 Å². The molecule has 0 spiro atoms. The first kappa shape index (κ1) is 16.3. The summed E-state index contributed by atoms with van der Waals surface area (Å²) in [5.41, 5.74) is 0. The van der Waals surface area contributed by atoms with Gasteiger partial charge in [0.25, 0.3) is 5.91 Å². The highest BCUT2D eigenvalue weighted by atomic mass is 16.5. The lowest BCUT2D eigenvalue weighted by molar-refractivity contribution is -0.123. The molecule has 0 aliphatic rings. The van der Waals surface area contributed by atoms with E-state index < -0.39 is 0 Å². The van der Waals surface area contributed by atoms with Gasteiger partial charge in [0, 0.05) is 6.54 Å². The average Bonchev–Trinajstić information content (AvgIpc) is 2.47. The molecule has 0 saturated heterocycles. The number of amides is 1. The first-order valence-corrected chi connectivity index (χ1v) is 7.38. The molecule has 0 atom stereocenters. The Bertz CT molecular complexity index is 376. The lowest BCUT2D eigenvalue weighted by atomic mass is 10.2. The Morgan fingerprint density at radius 2 is 1.65 bits per heavy atom. The van der Waals surface area contributed by atoms with Crippen molar-refractivity contribution in [2.45, 2.75) is 39.5 Å². The van der Waals surface area contributed by atoms with Gasteiger partial charge >= 0.3 is 0 Å². The van der Waals surface area contributed by atoms with E-state index in [2.05, 4.69) is 12.2 Å². The van der Waals surface area contributed by atoms with Crippen LogP contribution in [0.25, 0.3) is 0 Å². The van der Waals surface area contributed by atoms with Crippen LogP contribution in [0, 0.1) is 0 Å². The fraction of sp³-hybridized carbons (Fsp3) is 0.562. The van der Waals surface area contributed by atoms with Crippen LogP contribution in [0.5, 0.6) is 11.5 Å². The third-order valence-corrected chi connectivity index (χ3v) is 2.86. The summed E-state index contributed by atoms with van der Waals surface area (Å²) in [7, 11) is 0. The molecule has 1 N–H and O–H groups in total. The van der Waals surface area contributed by atoms with Gasteiger partial charge in [0.2, 0.25) is 0 Å². The fourth-order valence-corrected chi connectivity index (χ4v) is 1.78. The third-order valence-electron chi connectivity index (χ3n) is 2.86. The molecule has 0 unspecified atom stereocenters. The molecular formula is C16H25NO3. The van der Waals surface area contributed by atoms with E-state index >= 15 is 0 Å². The molecule has 112 valence electrons. The molecule has 0 heterocycles.